The highest BCUT2D eigenvalue weighted by atomic mass is 35.5. The molecule has 0 aliphatic carbocycles. The van der Waals surface area contributed by atoms with Gasteiger partial charge in [0.1, 0.15) is 0 Å². The molecule has 0 spiro atoms. The number of nitrogens with zero attached hydrogens (tertiary/aromatic N) is 1. The van der Waals surface area contributed by atoms with E-state index in [0.717, 1.165) is 6.42 Å². The second-order valence-electron chi connectivity index (χ2n) is 3.70. The molecule has 1 rings (SSSR count). The molecule has 0 aliphatic heterocycles. The van der Waals surface area contributed by atoms with Crippen LogP contribution in [0.15, 0.2) is 18.2 Å². The van der Waals surface area contributed by atoms with Gasteiger partial charge in [0.2, 0.25) is 0 Å². The number of rotatable bonds is 4. The smallest absolute Gasteiger partial charge is 0.270 e. The Balaban J connectivity index is 2.92. The Hall–Kier alpha value is -1.62. The first kappa shape index (κ1) is 13.4. The summed E-state index contributed by atoms with van der Waals surface area (Å²) in [5.74, 6) is -0.320. The molecule has 6 heteroatoms. The van der Waals surface area contributed by atoms with Crippen LogP contribution < -0.4 is 5.32 Å². The Kier molecular flexibility index (Phi) is 4.45. The summed E-state index contributed by atoms with van der Waals surface area (Å²) in [5, 5.41) is 13.3. The maximum atomic E-state index is 11.8. The Bertz CT molecular complexity index is 448. The van der Waals surface area contributed by atoms with Gasteiger partial charge in [0.05, 0.1) is 15.5 Å². The van der Waals surface area contributed by atoms with Crippen molar-refractivity contribution in [3.8, 4) is 0 Å². The summed E-state index contributed by atoms with van der Waals surface area (Å²) in [6.07, 6.45) is 0.802. The van der Waals surface area contributed by atoms with Crippen molar-refractivity contribution in [3.63, 3.8) is 0 Å². The molecule has 1 aromatic carbocycles. The van der Waals surface area contributed by atoms with Crippen molar-refractivity contribution in [2.45, 2.75) is 26.3 Å². The molecule has 0 fully saturated rings. The van der Waals surface area contributed by atoms with Crippen LogP contribution in [-0.4, -0.2) is 16.9 Å². The van der Waals surface area contributed by atoms with E-state index in [1.807, 2.05) is 13.8 Å². The SMILES string of the molecule is CCC(C)NC(=O)c1ccc([N+](=O)[O-])cc1Cl. The van der Waals surface area contributed by atoms with Gasteiger partial charge in [-0.05, 0) is 19.4 Å². The minimum Gasteiger partial charge on any atom is -0.350 e. The number of carbonyl (C=O) groups is 1. The lowest BCUT2D eigenvalue weighted by molar-refractivity contribution is -0.384. The normalized spacial score (nSPS) is 11.9. The number of benzene rings is 1. The summed E-state index contributed by atoms with van der Waals surface area (Å²) in [4.78, 5) is 21.7. The number of carbonyl (C=O) groups excluding carboxylic acids is 1. The molecule has 5 nitrogen and oxygen atoms in total. The van der Waals surface area contributed by atoms with E-state index in [9.17, 15) is 14.9 Å². The van der Waals surface area contributed by atoms with Gasteiger partial charge < -0.3 is 5.32 Å². The summed E-state index contributed by atoms with van der Waals surface area (Å²) in [7, 11) is 0. The first-order valence-electron chi connectivity index (χ1n) is 5.20. The molecule has 0 aliphatic rings. The molecule has 92 valence electrons. The van der Waals surface area contributed by atoms with Crippen molar-refractivity contribution in [2.24, 2.45) is 0 Å². The van der Waals surface area contributed by atoms with Crippen LogP contribution in [0.5, 0.6) is 0 Å². The standard InChI is InChI=1S/C11H13ClN2O3/c1-3-7(2)13-11(15)9-5-4-8(14(16)17)6-10(9)12/h4-7H,3H2,1-2H3,(H,13,15). The summed E-state index contributed by atoms with van der Waals surface area (Å²) < 4.78 is 0. The van der Waals surface area contributed by atoms with Gasteiger partial charge in [0, 0.05) is 18.2 Å². The molecule has 0 aromatic heterocycles. The van der Waals surface area contributed by atoms with Gasteiger partial charge in [-0.15, -0.1) is 0 Å². The molecule has 0 bridgehead atoms. The lowest BCUT2D eigenvalue weighted by Crippen LogP contribution is -2.32. The molecule has 1 aromatic rings. The lowest BCUT2D eigenvalue weighted by Gasteiger charge is -2.11. The Morgan fingerprint density at radius 1 is 1.59 bits per heavy atom. The Morgan fingerprint density at radius 3 is 2.71 bits per heavy atom. The van der Waals surface area contributed by atoms with Gasteiger partial charge in [-0.25, -0.2) is 0 Å². The number of hydrogen-bond donors (Lipinski definition) is 1. The van der Waals surface area contributed by atoms with Crippen LogP contribution in [-0.2, 0) is 0 Å². The van der Waals surface area contributed by atoms with Crippen molar-refractivity contribution in [3.05, 3.63) is 38.9 Å². The van der Waals surface area contributed by atoms with Crippen molar-refractivity contribution in [2.75, 3.05) is 0 Å². The fourth-order valence-electron chi connectivity index (χ4n) is 1.21. The first-order valence-corrected chi connectivity index (χ1v) is 5.58. The summed E-state index contributed by atoms with van der Waals surface area (Å²) >= 11 is 5.83. The zero-order valence-corrected chi connectivity index (χ0v) is 10.3. The van der Waals surface area contributed by atoms with Gasteiger partial charge in [-0.3, -0.25) is 14.9 Å². The average molecular weight is 257 g/mol. The number of non-ortho nitro benzene ring substituents is 1. The Morgan fingerprint density at radius 2 is 2.24 bits per heavy atom. The minimum atomic E-state index is -0.553. The van der Waals surface area contributed by atoms with Gasteiger partial charge in [-0.2, -0.15) is 0 Å². The van der Waals surface area contributed by atoms with E-state index >= 15 is 0 Å². The largest absolute Gasteiger partial charge is 0.350 e. The molecule has 0 heterocycles. The number of amides is 1. The van der Waals surface area contributed by atoms with Crippen LogP contribution in [0.3, 0.4) is 0 Å². The second kappa shape index (κ2) is 5.63. The average Bonchev–Trinajstić information content (AvgIpc) is 2.28. The van der Waals surface area contributed by atoms with E-state index in [2.05, 4.69) is 5.32 Å². The number of hydrogen-bond acceptors (Lipinski definition) is 3. The predicted molar refractivity (Wildman–Crippen MR) is 65.3 cm³/mol. The maximum Gasteiger partial charge on any atom is 0.270 e. The van der Waals surface area contributed by atoms with Gasteiger partial charge >= 0.3 is 0 Å². The molecule has 1 unspecified atom stereocenters. The van der Waals surface area contributed by atoms with E-state index in [1.54, 1.807) is 0 Å². The molecule has 1 amide bonds. The molecule has 1 atom stereocenters. The molecule has 0 saturated heterocycles. The van der Waals surface area contributed by atoms with Crippen molar-refractivity contribution in [1.82, 2.24) is 5.32 Å². The highest BCUT2D eigenvalue weighted by molar-refractivity contribution is 6.34. The fraction of sp³-hybridized carbons (Fsp3) is 0.364. The number of halogens is 1. The molecular formula is C11H13ClN2O3. The lowest BCUT2D eigenvalue weighted by atomic mass is 10.1. The second-order valence-corrected chi connectivity index (χ2v) is 4.11. The number of nitrogens with one attached hydrogen (secondary N) is 1. The van der Waals surface area contributed by atoms with Gasteiger partial charge in [0.15, 0.2) is 0 Å². The molecule has 1 N–H and O–H groups in total. The van der Waals surface area contributed by atoms with Crippen LogP contribution in [0.2, 0.25) is 5.02 Å². The molecule has 0 saturated carbocycles. The predicted octanol–water partition coefficient (Wildman–Crippen LogP) is 2.78. The molecule has 17 heavy (non-hydrogen) atoms. The van der Waals surface area contributed by atoms with E-state index < -0.39 is 4.92 Å². The Labute approximate surface area is 104 Å². The van der Waals surface area contributed by atoms with Crippen LogP contribution in [0.4, 0.5) is 5.69 Å². The van der Waals surface area contributed by atoms with Crippen molar-refractivity contribution in [1.29, 1.82) is 0 Å². The first-order chi connectivity index (χ1) is 7.95. The van der Waals surface area contributed by atoms with Gasteiger partial charge in [0.25, 0.3) is 11.6 Å². The van der Waals surface area contributed by atoms with Crippen molar-refractivity contribution >= 4 is 23.2 Å². The summed E-state index contributed by atoms with van der Waals surface area (Å²) in [5.41, 5.74) is 0.118. The zero-order chi connectivity index (χ0) is 13.0. The monoisotopic (exact) mass is 256 g/mol. The van der Waals surface area contributed by atoms with E-state index in [1.165, 1.54) is 18.2 Å². The van der Waals surface area contributed by atoms with E-state index in [0.29, 0.717) is 0 Å². The third-order valence-electron chi connectivity index (χ3n) is 2.40. The summed E-state index contributed by atoms with van der Waals surface area (Å²) in [6, 6.07) is 3.83. The maximum absolute atomic E-state index is 11.8. The zero-order valence-electron chi connectivity index (χ0n) is 9.57. The number of nitro benzene ring substituents is 1. The van der Waals surface area contributed by atoms with Crippen molar-refractivity contribution < 1.29 is 9.72 Å². The van der Waals surface area contributed by atoms with E-state index in [-0.39, 0.29) is 28.2 Å². The highest BCUT2D eigenvalue weighted by Gasteiger charge is 2.15. The third-order valence-corrected chi connectivity index (χ3v) is 2.71. The number of nitro groups is 1. The molecular weight excluding hydrogens is 244 g/mol. The topological polar surface area (TPSA) is 72.2 Å². The van der Waals surface area contributed by atoms with Gasteiger partial charge in [-0.1, -0.05) is 18.5 Å². The quantitative estimate of drug-likeness (QED) is 0.665. The minimum absolute atomic E-state index is 0.0359. The van der Waals surface area contributed by atoms with Crippen LogP contribution in [0.25, 0.3) is 0 Å². The summed E-state index contributed by atoms with van der Waals surface area (Å²) in [6.45, 7) is 3.82. The van der Waals surface area contributed by atoms with E-state index in [4.69, 9.17) is 11.6 Å². The molecule has 0 radical (unpaired) electrons. The van der Waals surface area contributed by atoms with Crippen LogP contribution in [0.1, 0.15) is 30.6 Å². The van der Waals surface area contributed by atoms with Crippen LogP contribution >= 0.6 is 11.6 Å². The highest BCUT2D eigenvalue weighted by Crippen LogP contribution is 2.22. The van der Waals surface area contributed by atoms with Crippen LogP contribution in [0, 0.1) is 10.1 Å². The third kappa shape index (κ3) is 3.42. The fourth-order valence-corrected chi connectivity index (χ4v) is 1.47.